The maximum atomic E-state index is 9.37. The average molecular weight is 332 g/mol. The normalized spacial score (nSPS) is 22.6. The number of hydrogen-bond acceptors (Lipinski definition) is 4. The number of allylic oxidation sites excluding steroid dienone is 2. The molecule has 0 fully saturated rings. The highest BCUT2D eigenvalue weighted by Gasteiger charge is 2.42. The summed E-state index contributed by atoms with van der Waals surface area (Å²) in [6, 6.07) is 8.99. The van der Waals surface area contributed by atoms with Crippen LogP contribution in [-0.4, -0.2) is 6.21 Å². The van der Waals surface area contributed by atoms with E-state index >= 15 is 0 Å². The smallest absolute Gasteiger partial charge is 0.158 e. The van der Waals surface area contributed by atoms with Crippen LogP contribution in [-0.2, 0) is 10.3 Å². The Bertz CT molecular complexity index is 812. The first-order chi connectivity index (χ1) is 10.4. The lowest BCUT2D eigenvalue weighted by Crippen LogP contribution is -2.23. The number of nitrogens with one attached hydrogen (secondary N) is 1. The van der Waals surface area contributed by atoms with E-state index in [0.29, 0.717) is 21.2 Å². The van der Waals surface area contributed by atoms with Crippen LogP contribution in [0.5, 0.6) is 0 Å². The molecule has 110 valence electrons. The zero-order valence-corrected chi connectivity index (χ0v) is 13.4. The van der Waals surface area contributed by atoms with Gasteiger partial charge in [0.2, 0.25) is 0 Å². The second-order valence-electron chi connectivity index (χ2n) is 4.87. The standard InChI is InChI=1S/C16H11Cl2N3O/c1-9-12(8-21)15(10(6-19)7-20)22-16(9,2)11-3-4-13(17)14(18)5-11/h3-6,19H,1-2H3/b15-10+,19-6?. The topological polar surface area (TPSA) is 80.7 Å². The highest BCUT2D eigenvalue weighted by Crippen LogP contribution is 2.46. The van der Waals surface area contributed by atoms with Gasteiger partial charge in [0.25, 0.3) is 0 Å². The van der Waals surface area contributed by atoms with E-state index < -0.39 is 5.60 Å². The number of ether oxygens (including phenoxy) is 1. The fourth-order valence-corrected chi connectivity index (χ4v) is 2.58. The van der Waals surface area contributed by atoms with Gasteiger partial charge in [-0.25, -0.2) is 0 Å². The number of hydrogen-bond donors (Lipinski definition) is 1. The van der Waals surface area contributed by atoms with Gasteiger partial charge < -0.3 is 10.1 Å². The lowest BCUT2D eigenvalue weighted by molar-refractivity contribution is 0.0730. The molecule has 1 N–H and O–H groups in total. The Labute approximate surface area is 138 Å². The van der Waals surface area contributed by atoms with Gasteiger partial charge in [-0.1, -0.05) is 29.3 Å². The molecule has 1 unspecified atom stereocenters. The van der Waals surface area contributed by atoms with Gasteiger partial charge >= 0.3 is 0 Å². The molecule has 0 saturated heterocycles. The van der Waals surface area contributed by atoms with Crippen molar-refractivity contribution in [2.24, 2.45) is 0 Å². The second kappa shape index (κ2) is 5.85. The quantitative estimate of drug-likeness (QED) is 0.639. The van der Waals surface area contributed by atoms with E-state index in [0.717, 1.165) is 6.21 Å². The minimum atomic E-state index is -0.945. The molecular formula is C16H11Cl2N3O. The van der Waals surface area contributed by atoms with Crippen LogP contribution in [0.3, 0.4) is 0 Å². The van der Waals surface area contributed by atoms with Crippen molar-refractivity contribution in [3.8, 4) is 12.1 Å². The molecule has 1 heterocycles. The first kappa shape index (κ1) is 16.1. The van der Waals surface area contributed by atoms with Crippen LogP contribution in [0.1, 0.15) is 19.4 Å². The minimum Gasteiger partial charge on any atom is -0.476 e. The van der Waals surface area contributed by atoms with Gasteiger partial charge in [-0.2, -0.15) is 10.5 Å². The fraction of sp³-hybridized carbons (Fsp3) is 0.188. The number of benzene rings is 1. The molecule has 0 aromatic heterocycles. The van der Waals surface area contributed by atoms with Crippen LogP contribution in [0, 0.1) is 28.1 Å². The van der Waals surface area contributed by atoms with Gasteiger partial charge in [-0.05, 0) is 31.6 Å². The lowest BCUT2D eigenvalue weighted by Gasteiger charge is -2.27. The molecule has 0 bridgehead atoms. The van der Waals surface area contributed by atoms with Crippen molar-refractivity contribution in [2.75, 3.05) is 0 Å². The Kier molecular flexibility index (Phi) is 4.28. The van der Waals surface area contributed by atoms with E-state index in [4.69, 9.17) is 38.6 Å². The van der Waals surface area contributed by atoms with Gasteiger partial charge in [-0.15, -0.1) is 0 Å². The number of halogens is 2. The van der Waals surface area contributed by atoms with Gasteiger partial charge in [0.15, 0.2) is 11.4 Å². The summed E-state index contributed by atoms with van der Waals surface area (Å²) in [5, 5.41) is 26.6. The molecule has 0 spiro atoms. The van der Waals surface area contributed by atoms with Crippen LogP contribution in [0.25, 0.3) is 0 Å². The van der Waals surface area contributed by atoms with E-state index in [9.17, 15) is 5.26 Å². The molecule has 4 nitrogen and oxygen atoms in total. The summed E-state index contributed by atoms with van der Waals surface area (Å²) in [6.07, 6.45) is 0.876. The molecule has 0 saturated carbocycles. The molecule has 2 rings (SSSR count). The third kappa shape index (κ3) is 2.37. The summed E-state index contributed by atoms with van der Waals surface area (Å²) in [6.45, 7) is 3.54. The van der Waals surface area contributed by atoms with Crippen molar-refractivity contribution < 1.29 is 4.74 Å². The summed E-state index contributed by atoms with van der Waals surface area (Å²) < 4.78 is 5.90. The third-order valence-electron chi connectivity index (χ3n) is 3.72. The Hall–Kier alpha value is -2.27. The first-order valence-corrected chi connectivity index (χ1v) is 7.05. The van der Waals surface area contributed by atoms with Crippen molar-refractivity contribution in [3.63, 3.8) is 0 Å². The average Bonchev–Trinajstić information content (AvgIpc) is 2.76. The number of nitriles is 2. The molecule has 0 radical (unpaired) electrons. The van der Waals surface area contributed by atoms with Crippen molar-refractivity contribution in [3.05, 3.63) is 56.3 Å². The Balaban J connectivity index is 2.68. The van der Waals surface area contributed by atoms with Crippen LogP contribution in [0.15, 0.2) is 40.7 Å². The molecule has 22 heavy (non-hydrogen) atoms. The number of rotatable bonds is 2. The summed E-state index contributed by atoms with van der Waals surface area (Å²) >= 11 is 12.0. The predicted octanol–water partition coefficient (Wildman–Crippen LogP) is 4.51. The summed E-state index contributed by atoms with van der Waals surface area (Å²) in [4.78, 5) is 0. The van der Waals surface area contributed by atoms with E-state index in [-0.39, 0.29) is 16.9 Å². The van der Waals surface area contributed by atoms with Crippen molar-refractivity contribution in [2.45, 2.75) is 19.4 Å². The minimum absolute atomic E-state index is 0.000291. The lowest BCUT2D eigenvalue weighted by atomic mass is 9.88. The van der Waals surface area contributed by atoms with Gasteiger partial charge in [0, 0.05) is 11.8 Å². The van der Waals surface area contributed by atoms with Crippen LogP contribution in [0.2, 0.25) is 10.0 Å². The van der Waals surface area contributed by atoms with E-state index in [1.165, 1.54) is 0 Å². The molecular weight excluding hydrogens is 321 g/mol. The molecule has 1 aliphatic heterocycles. The summed E-state index contributed by atoms with van der Waals surface area (Å²) in [7, 11) is 0. The fourth-order valence-electron chi connectivity index (χ4n) is 2.28. The van der Waals surface area contributed by atoms with Gasteiger partial charge in [-0.3, -0.25) is 0 Å². The third-order valence-corrected chi connectivity index (χ3v) is 4.45. The first-order valence-electron chi connectivity index (χ1n) is 6.30. The zero-order valence-electron chi connectivity index (χ0n) is 11.9. The molecule has 1 atom stereocenters. The molecule has 1 aliphatic rings. The van der Waals surface area contributed by atoms with Crippen LogP contribution >= 0.6 is 23.2 Å². The van der Waals surface area contributed by atoms with Gasteiger partial charge in [0.05, 0.1) is 15.6 Å². The molecule has 6 heteroatoms. The second-order valence-corrected chi connectivity index (χ2v) is 5.69. The largest absolute Gasteiger partial charge is 0.476 e. The van der Waals surface area contributed by atoms with Crippen LogP contribution < -0.4 is 0 Å². The van der Waals surface area contributed by atoms with Crippen LogP contribution in [0.4, 0.5) is 0 Å². The van der Waals surface area contributed by atoms with E-state index in [1.807, 2.05) is 12.1 Å². The zero-order chi connectivity index (χ0) is 16.5. The maximum absolute atomic E-state index is 9.37. The van der Waals surface area contributed by atoms with E-state index in [2.05, 4.69) is 0 Å². The maximum Gasteiger partial charge on any atom is 0.158 e. The Morgan fingerprint density at radius 3 is 2.50 bits per heavy atom. The summed E-state index contributed by atoms with van der Waals surface area (Å²) in [5.41, 5.74) is 0.676. The van der Waals surface area contributed by atoms with E-state index in [1.54, 1.807) is 32.0 Å². The highest BCUT2D eigenvalue weighted by atomic mass is 35.5. The Morgan fingerprint density at radius 2 is 2.00 bits per heavy atom. The van der Waals surface area contributed by atoms with Gasteiger partial charge in [0.1, 0.15) is 17.7 Å². The molecule has 1 aromatic rings. The SMILES string of the molecule is CC1=C(C#N)/C(=C(\C#N)C=N)OC1(C)c1ccc(Cl)c(Cl)c1. The summed E-state index contributed by atoms with van der Waals surface area (Å²) in [5.74, 6) is 0.117. The molecule has 1 aromatic carbocycles. The van der Waals surface area contributed by atoms with Crippen molar-refractivity contribution >= 4 is 29.4 Å². The number of nitrogens with zero attached hydrogens (tertiary/aromatic N) is 2. The Morgan fingerprint density at radius 1 is 1.32 bits per heavy atom. The van der Waals surface area contributed by atoms with Crippen molar-refractivity contribution in [1.29, 1.82) is 15.9 Å². The monoisotopic (exact) mass is 331 g/mol. The predicted molar refractivity (Wildman–Crippen MR) is 84.6 cm³/mol. The van der Waals surface area contributed by atoms with Crippen molar-refractivity contribution in [1.82, 2.24) is 0 Å². The molecule has 0 aliphatic carbocycles. The molecule has 0 amide bonds. The highest BCUT2D eigenvalue weighted by molar-refractivity contribution is 6.42.